The lowest BCUT2D eigenvalue weighted by Crippen LogP contribution is -2.41. The fourth-order valence-electron chi connectivity index (χ4n) is 3.87. The highest BCUT2D eigenvalue weighted by molar-refractivity contribution is 5.88. The van der Waals surface area contributed by atoms with E-state index in [0.717, 1.165) is 23.5 Å². The monoisotopic (exact) mass is 376 g/mol. The highest BCUT2D eigenvalue weighted by atomic mass is 16.5. The average Bonchev–Trinajstić information content (AvgIpc) is 3.07. The van der Waals surface area contributed by atoms with E-state index in [9.17, 15) is 0 Å². The minimum atomic E-state index is -0.0235. The van der Waals surface area contributed by atoms with E-state index < -0.39 is 0 Å². The molecule has 0 unspecified atom stereocenters. The summed E-state index contributed by atoms with van der Waals surface area (Å²) in [7, 11) is 0. The molecule has 0 N–H and O–H groups in total. The number of hydrogen-bond acceptors (Lipinski definition) is 4. The molecule has 0 aliphatic carbocycles. The van der Waals surface area contributed by atoms with Crippen LogP contribution < -0.4 is 4.90 Å². The zero-order valence-corrected chi connectivity index (χ0v) is 17.1. The fraction of sp³-hybridized carbons (Fsp3) is 0.391. The third-order valence-corrected chi connectivity index (χ3v) is 5.25. The number of hydrogen-bond donors (Lipinski definition) is 0. The predicted molar refractivity (Wildman–Crippen MR) is 113 cm³/mol. The molecule has 1 aliphatic rings. The van der Waals surface area contributed by atoms with Crippen molar-refractivity contribution in [3.8, 4) is 22.5 Å². The minimum absolute atomic E-state index is 0.0235. The summed E-state index contributed by atoms with van der Waals surface area (Å²) in [4.78, 5) is 2.48. The molecule has 0 saturated heterocycles. The molecule has 0 radical (unpaired) electrons. The number of fused-ring (bicyclic) bond motifs is 5. The van der Waals surface area contributed by atoms with Crippen molar-refractivity contribution >= 4 is 5.69 Å². The Kier molecular flexibility index (Phi) is 4.94. The van der Waals surface area contributed by atoms with Crippen LogP contribution in [0, 0.1) is 0 Å². The first-order chi connectivity index (χ1) is 13.5. The van der Waals surface area contributed by atoms with Gasteiger partial charge in [-0.15, -0.1) is 5.10 Å². The predicted octanol–water partition coefficient (Wildman–Crippen LogP) is 4.77. The van der Waals surface area contributed by atoms with Gasteiger partial charge in [0, 0.05) is 35.5 Å². The second-order valence-corrected chi connectivity index (χ2v) is 8.14. The summed E-state index contributed by atoms with van der Waals surface area (Å²) in [6.07, 6.45) is 0. The molecular weight excluding hydrogens is 348 g/mol. The Morgan fingerprint density at radius 2 is 1.71 bits per heavy atom. The molecule has 1 aliphatic heterocycles. The van der Waals surface area contributed by atoms with Crippen LogP contribution in [-0.2, 0) is 17.8 Å². The lowest BCUT2D eigenvalue weighted by molar-refractivity contribution is 0.136. The van der Waals surface area contributed by atoms with Gasteiger partial charge in [0.1, 0.15) is 5.69 Å². The Morgan fingerprint density at radius 3 is 2.46 bits per heavy atom. The lowest BCUT2D eigenvalue weighted by Gasteiger charge is -2.40. The van der Waals surface area contributed by atoms with Crippen molar-refractivity contribution in [1.82, 2.24) is 15.0 Å². The van der Waals surface area contributed by atoms with Crippen LogP contribution in [0.25, 0.3) is 22.5 Å². The number of anilines is 1. The maximum atomic E-state index is 5.59. The van der Waals surface area contributed by atoms with Crippen molar-refractivity contribution in [2.24, 2.45) is 0 Å². The van der Waals surface area contributed by atoms with Gasteiger partial charge in [0.25, 0.3) is 0 Å². The first-order valence-corrected chi connectivity index (χ1v) is 9.97. The van der Waals surface area contributed by atoms with E-state index in [4.69, 9.17) is 4.74 Å². The molecule has 0 saturated carbocycles. The van der Waals surface area contributed by atoms with Gasteiger partial charge in [-0.05, 0) is 39.3 Å². The van der Waals surface area contributed by atoms with E-state index in [1.54, 1.807) is 0 Å². The van der Waals surface area contributed by atoms with Crippen LogP contribution >= 0.6 is 0 Å². The summed E-state index contributed by atoms with van der Waals surface area (Å²) in [5.74, 6) is 0. The van der Waals surface area contributed by atoms with Gasteiger partial charge in [0.2, 0.25) is 0 Å². The smallest absolute Gasteiger partial charge is 0.121 e. The molecule has 0 fully saturated rings. The number of benzene rings is 2. The van der Waals surface area contributed by atoms with Crippen molar-refractivity contribution in [3.05, 3.63) is 54.1 Å². The molecule has 0 amide bonds. The first-order valence-electron chi connectivity index (χ1n) is 9.97. The van der Waals surface area contributed by atoms with Crippen molar-refractivity contribution in [2.75, 3.05) is 18.1 Å². The quantitative estimate of drug-likeness (QED) is 0.615. The third kappa shape index (κ3) is 3.31. The number of nitrogens with zero attached hydrogens (tertiary/aromatic N) is 4. The normalized spacial score (nSPS) is 13.4. The molecule has 3 aromatic rings. The van der Waals surface area contributed by atoms with Gasteiger partial charge in [0.15, 0.2) is 0 Å². The molecule has 0 spiro atoms. The molecule has 0 atom stereocenters. The Labute approximate surface area is 166 Å². The molecule has 28 heavy (non-hydrogen) atoms. The Morgan fingerprint density at radius 1 is 1.00 bits per heavy atom. The Balaban J connectivity index is 1.97. The molecule has 5 nitrogen and oxygen atoms in total. The van der Waals surface area contributed by atoms with Crippen molar-refractivity contribution < 1.29 is 4.74 Å². The summed E-state index contributed by atoms with van der Waals surface area (Å²) in [6.45, 7) is 11.6. The summed E-state index contributed by atoms with van der Waals surface area (Å²) in [5.41, 5.74) is 6.80. The van der Waals surface area contributed by atoms with Crippen LogP contribution in [0.5, 0.6) is 0 Å². The summed E-state index contributed by atoms with van der Waals surface area (Å²) >= 11 is 0. The molecule has 146 valence electrons. The number of aromatic nitrogens is 3. The van der Waals surface area contributed by atoms with Crippen molar-refractivity contribution in [2.45, 2.75) is 46.3 Å². The molecule has 2 aromatic carbocycles. The molecule has 4 rings (SSSR count). The largest absolute Gasteiger partial charge is 0.380 e. The van der Waals surface area contributed by atoms with Gasteiger partial charge in [-0.25, -0.2) is 4.68 Å². The van der Waals surface area contributed by atoms with Crippen LogP contribution in [-0.4, -0.2) is 33.7 Å². The third-order valence-electron chi connectivity index (χ3n) is 5.25. The van der Waals surface area contributed by atoms with Gasteiger partial charge in [-0.3, -0.25) is 0 Å². The lowest BCUT2D eigenvalue weighted by atomic mass is 9.92. The summed E-state index contributed by atoms with van der Waals surface area (Å²) in [6, 6.07) is 17.1. The number of rotatable bonds is 4. The topological polar surface area (TPSA) is 43.2 Å². The first kappa shape index (κ1) is 18.7. The maximum Gasteiger partial charge on any atom is 0.121 e. The van der Waals surface area contributed by atoms with Crippen LogP contribution in [0.15, 0.2) is 48.5 Å². The minimum Gasteiger partial charge on any atom is -0.380 e. The van der Waals surface area contributed by atoms with E-state index in [1.165, 1.54) is 16.8 Å². The summed E-state index contributed by atoms with van der Waals surface area (Å²) in [5, 5.41) is 9.11. The second kappa shape index (κ2) is 7.40. The highest BCUT2D eigenvalue weighted by Crippen LogP contribution is 2.42. The van der Waals surface area contributed by atoms with Crippen LogP contribution in [0.3, 0.4) is 0 Å². The van der Waals surface area contributed by atoms with Crippen LogP contribution in [0.4, 0.5) is 5.69 Å². The molecular formula is C23H28N4O. The van der Waals surface area contributed by atoms with Crippen LogP contribution in [0.1, 0.15) is 33.3 Å². The van der Waals surface area contributed by atoms with Gasteiger partial charge in [-0.1, -0.05) is 47.7 Å². The molecule has 5 heteroatoms. The zero-order valence-electron chi connectivity index (χ0n) is 17.1. The SMILES string of the molecule is CCOCCn1nnc2c1-c1ccccc1N(C(C)(C)C)Cc1ccccc1-2. The van der Waals surface area contributed by atoms with E-state index in [-0.39, 0.29) is 5.54 Å². The van der Waals surface area contributed by atoms with Crippen molar-refractivity contribution in [3.63, 3.8) is 0 Å². The molecule has 1 aromatic heterocycles. The van der Waals surface area contributed by atoms with Crippen molar-refractivity contribution in [1.29, 1.82) is 0 Å². The highest BCUT2D eigenvalue weighted by Gasteiger charge is 2.30. The number of ether oxygens (including phenoxy) is 1. The molecule has 0 bridgehead atoms. The van der Waals surface area contributed by atoms with E-state index in [2.05, 4.69) is 84.5 Å². The number of para-hydroxylation sites is 1. The van der Waals surface area contributed by atoms with Gasteiger partial charge in [-0.2, -0.15) is 0 Å². The Bertz CT molecular complexity index is 971. The second-order valence-electron chi connectivity index (χ2n) is 8.14. The zero-order chi connectivity index (χ0) is 19.7. The fourth-order valence-corrected chi connectivity index (χ4v) is 3.87. The average molecular weight is 377 g/mol. The summed E-state index contributed by atoms with van der Waals surface area (Å²) < 4.78 is 7.58. The molecule has 2 heterocycles. The Hall–Kier alpha value is -2.66. The van der Waals surface area contributed by atoms with Gasteiger partial charge < -0.3 is 9.64 Å². The van der Waals surface area contributed by atoms with Gasteiger partial charge >= 0.3 is 0 Å². The van der Waals surface area contributed by atoms with Gasteiger partial charge in [0.05, 0.1) is 18.8 Å². The van der Waals surface area contributed by atoms with E-state index in [0.29, 0.717) is 19.8 Å². The van der Waals surface area contributed by atoms with Crippen LogP contribution in [0.2, 0.25) is 0 Å². The maximum absolute atomic E-state index is 5.59. The standard InChI is InChI=1S/C23H28N4O/c1-5-28-15-14-27-22-19-12-8-9-13-20(19)26(23(2,3)4)16-17-10-6-7-11-18(17)21(22)24-25-27/h6-13H,5,14-16H2,1-4H3. The van der Waals surface area contributed by atoms with E-state index in [1.807, 2.05) is 11.6 Å². The van der Waals surface area contributed by atoms with E-state index >= 15 is 0 Å².